The highest BCUT2D eigenvalue weighted by Gasteiger charge is 2.18. The molecule has 0 amide bonds. The van der Waals surface area contributed by atoms with Crippen molar-refractivity contribution in [3.63, 3.8) is 0 Å². The molecule has 0 aromatic carbocycles. The Bertz CT molecular complexity index is 852. The van der Waals surface area contributed by atoms with Crippen LogP contribution in [0.4, 0.5) is 0 Å². The summed E-state index contributed by atoms with van der Waals surface area (Å²) in [6.45, 7) is 0. The van der Waals surface area contributed by atoms with Gasteiger partial charge in [0.25, 0.3) is 0 Å². The number of rotatable bonds is 3. The number of aryl methyl sites for hydroxylation is 2. The van der Waals surface area contributed by atoms with Gasteiger partial charge in [0.2, 0.25) is 0 Å². The van der Waals surface area contributed by atoms with Gasteiger partial charge in [-0.3, -0.25) is 0 Å². The van der Waals surface area contributed by atoms with E-state index >= 15 is 0 Å². The van der Waals surface area contributed by atoms with Gasteiger partial charge in [-0.2, -0.15) is 0 Å². The Morgan fingerprint density at radius 1 is 1.04 bits per heavy atom. The number of aromatic amines is 2. The number of nitrogens with zero attached hydrogens (tertiary/aromatic N) is 1. The second-order valence-electron chi connectivity index (χ2n) is 7.53. The van der Waals surface area contributed by atoms with Crippen LogP contribution in [0.25, 0.3) is 6.08 Å². The zero-order chi connectivity index (χ0) is 18.5. The summed E-state index contributed by atoms with van der Waals surface area (Å²) < 4.78 is 5.59. The number of aliphatic imine (C=N–C) groups is 1. The van der Waals surface area contributed by atoms with Gasteiger partial charge in [0.1, 0.15) is 11.5 Å². The summed E-state index contributed by atoms with van der Waals surface area (Å²) in [4.78, 5) is 11.7. The number of allylic oxidation sites excluding steroid dienone is 1. The maximum Gasteiger partial charge on any atom is 0.146 e. The minimum absolute atomic E-state index is 0.819. The highest BCUT2D eigenvalue weighted by atomic mass is 16.5. The third-order valence-electron chi connectivity index (χ3n) is 5.52. The van der Waals surface area contributed by atoms with Crippen LogP contribution in [0.2, 0.25) is 0 Å². The lowest BCUT2D eigenvalue weighted by atomic mass is 10.0. The van der Waals surface area contributed by atoms with Crippen LogP contribution in [-0.2, 0) is 17.6 Å². The van der Waals surface area contributed by atoms with E-state index in [-0.39, 0.29) is 0 Å². The van der Waals surface area contributed by atoms with Gasteiger partial charge in [0.15, 0.2) is 0 Å². The minimum atomic E-state index is 0.819. The van der Waals surface area contributed by atoms with E-state index in [0.717, 1.165) is 35.7 Å². The van der Waals surface area contributed by atoms with E-state index in [1.54, 1.807) is 7.11 Å². The van der Waals surface area contributed by atoms with Crippen LogP contribution < -0.4 is 0 Å². The van der Waals surface area contributed by atoms with Crippen molar-refractivity contribution in [2.45, 2.75) is 57.8 Å². The van der Waals surface area contributed by atoms with Crippen LogP contribution in [0.3, 0.4) is 0 Å². The van der Waals surface area contributed by atoms with E-state index in [1.807, 2.05) is 24.4 Å². The zero-order valence-electron chi connectivity index (χ0n) is 16.2. The number of ether oxygens (including phenoxy) is 1. The Kier molecular flexibility index (Phi) is 5.61. The summed E-state index contributed by atoms with van der Waals surface area (Å²) in [7, 11) is 1.71. The summed E-state index contributed by atoms with van der Waals surface area (Å²) in [5, 5.41) is 0. The average molecular weight is 364 g/mol. The Hall–Kier alpha value is -2.49. The molecule has 27 heavy (non-hydrogen) atoms. The normalized spacial score (nSPS) is 20.0. The lowest BCUT2D eigenvalue weighted by Gasteiger charge is -2.04. The fourth-order valence-corrected chi connectivity index (χ4v) is 4.01. The molecule has 2 aromatic heterocycles. The first-order valence-corrected chi connectivity index (χ1v) is 10.2. The van der Waals surface area contributed by atoms with Gasteiger partial charge < -0.3 is 14.7 Å². The molecule has 3 heterocycles. The summed E-state index contributed by atoms with van der Waals surface area (Å²) in [5.74, 6) is 0.819. The number of hydrogen-bond acceptors (Lipinski definition) is 2. The second-order valence-corrected chi connectivity index (χ2v) is 7.53. The fourth-order valence-electron chi connectivity index (χ4n) is 4.01. The first-order chi connectivity index (χ1) is 13.3. The summed E-state index contributed by atoms with van der Waals surface area (Å²) in [6.07, 6.45) is 17.7. The van der Waals surface area contributed by atoms with Crippen molar-refractivity contribution in [1.29, 1.82) is 0 Å². The van der Waals surface area contributed by atoms with Gasteiger partial charge in [0.05, 0.1) is 18.5 Å². The molecule has 2 aliphatic rings. The SMILES string of the molecule is COC1=CC(c2ccc[nH]2)=NC1=Cc1[nH]c2cc1CCCCCCCCC2. The lowest BCUT2D eigenvalue weighted by Crippen LogP contribution is -1.93. The number of H-pyrrole nitrogens is 2. The Morgan fingerprint density at radius 2 is 1.81 bits per heavy atom. The van der Waals surface area contributed by atoms with Gasteiger partial charge in [0, 0.05) is 23.7 Å². The van der Waals surface area contributed by atoms with Crippen molar-refractivity contribution in [3.05, 3.63) is 64.6 Å². The molecule has 0 radical (unpaired) electrons. The Morgan fingerprint density at radius 3 is 2.56 bits per heavy atom. The Labute approximate surface area is 161 Å². The molecule has 4 rings (SSSR count). The first kappa shape index (κ1) is 17.9. The maximum absolute atomic E-state index is 5.59. The number of fused-ring (bicyclic) bond motifs is 2. The van der Waals surface area contributed by atoms with Crippen molar-refractivity contribution in [3.8, 4) is 0 Å². The van der Waals surface area contributed by atoms with Crippen LogP contribution in [0.5, 0.6) is 0 Å². The predicted molar refractivity (Wildman–Crippen MR) is 111 cm³/mol. The molecule has 4 heteroatoms. The Balaban J connectivity index is 1.63. The van der Waals surface area contributed by atoms with Crippen LogP contribution in [0.15, 0.2) is 46.9 Å². The van der Waals surface area contributed by atoms with Crippen molar-refractivity contribution < 1.29 is 4.74 Å². The van der Waals surface area contributed by atoms with Gasteiger partial charge >= 0.3 is 0 Å². The molecule has 0 fully saturated rings. The molecule has 0 spiro atoms. The molecule has 4 nitrogen and oxygen atoms in total. The maximum atomic E-state index is 5.59. The summed E-state index contributed by atoms with van der Waals surface area (Å²) in [5.41, 5.74) is 6.78. The van der Waals surface area contributed by atoms with E-state index in [1.165, 1.54) is 61.9 Å². The molecular formula is C23H29N3O. The highest BCUT2D eigenvalue weighted by Crippen LogP contribution is 2.27. The van der Waals surface area contributed by atoms with Gasteiger partial charge in [-0.05, 0) is 55.5 Å². The monoisotopic (exact) mass is 363 g/mol. The standard InChI is InChI=1S/C23H29N3O/c1-27-23-16-21(19-12-9-13-24-19)26-22(23)15-20-17-10-7-5-3-2-4-6-8-11-18(14-17)25-20/h9,12-16,24-25H,2-8,10-11H2,1H3. The number of methoxy groups -OCH3 is 1. The van der Waals surface area contributed by atoms with Crippen molar-refractivity contribution in [2.24, 2.45) is 4.99 Å². The van der Waals surface area contributed by atoms with Gasteiger partial charge in [-0.1, -0.05) is 32.1 Å². The summed E-state index contributed by atoms with van der Waals surface area (Å²) >= 11 is 0. The molecule has 0 saturated heterocycles. The van der Waals surface area contributed by atoms with Gasteiger partial charge in [-0.15, -0.1) is 0 Å². The van der Waals surface area contributed by atoms with Crippen molar-refractivity contribution in [2.75, 3.05) is 7.11 Å². The van der Waals surface area contributed by atoms with E-state index in [4.69, 9.17) is 9.73 Å². The van der Waals surface area contributed by atoms with Gasteiger partial charge in [-0.25, -0.2) is 4.99 Å². The van der Waals surface area contributed by atoms with E-state index < -0.39 is 0 Å². The molecule has 2 N–H and O–H groups in total. The zero-order valence-corrected chi connectivity index (χ0v) is 16.2. The summed E-state index contributed by atoms with van der Waals surface area (Å²) in [6, 6.07) is 6.39. The topological polar surface area (TPSA) is 53.2 Å². The molecule has 1 aliphatic heterocycles. The number of nitrogens with one attached hydrogen (secondary N) is 2. The first-order valence-electron chi connectivity index (χ1n) is 10.2. The third-order valence-corrected chi connectivity index (χ3v) is 5.52. The molecule has 2 aromatic rings. The van der Waals surface area contributed by atoms with Crippen molar-refractivity contribution in [1.82, 2.24) is 9.97 Å². The lowest BCUT2D eigenvalue weighted by molar-refractivity contribution is 0.303. The van der Waals surface area contributed by atoms with Crippen LogP contribution in [0.1, 0.15) is 67.6 Å². The molecule has 1 aliphatic carbocycles. The largest absolute Gasteiger partial charge is 0.494 e. The predicted octanol–water partition coefficient (Wildman–Crippen LogP) is 5.55. The number of hydrogen-bond donors (Lipinski definition) is 2. The van der Waals surface area contributed by atoms with Crippen LogP contribution in [0, 0.1) is 0 Å². The average Bonchev–Trinajstić information content (AvgIpc) is 3.39. The highest BCUT2D eigenvalue weighted by molar-refractivity contribution is 6.11. The van der Waals surface area contributed by atoms with Crippen LogP contribution in [-0.4, -0.2) is 22.8 Å². The molecule has 0 unspecified atom stereocenters. The molecular weight excluding hydrogens is 334 g/mol. The molecule has 2 bridgehead atoms. The van der Waals surface area contributed by atoms with Crippen LogP contribution >= 0.6 is 0 Å². The van der Waals surface area contributed by atoms with E-state index in [2.05, 4.69) is 22.1 Å². The van der Waals surface area contributed by atoms with E-state index in [0.29, 0.717) is 0 Å². The minimum Gasteiger partial charge on any atom is -0.494 e. The number of aromatic nitrogens is 2. The molecule has 0 saturated carbocycles. The molecule has 142 valence electrons. The van der Waals surface area contributed by atoms with Crippen molar-refractivity contribution >= 4 is 11.8 Å². The quantitative estimate of drug-likeness (QED) is 0.738. The van der Waals surface area contributed by atoms with E-state index in [9.17, 15) is 0 Å². The fraction of sp³-hybridized carbons (Fsp3) is 0.435. The smallest absolute Gasteiger partial charge is 0.146 e. The molecule has 0 atom stereocenters. The second kappa shape index (κ2) is 8.47. The third kappa shape index (κ3) is 4.26.